The summed E-state index contributed by atoms with van der Waals surface area (Å²) in [5, 5.41) is 3.15. The second-order valence-corrected chi connectivity index (χ2v) is 6.78. The molecule has 1 fully saturated rings. The van der Waals surface area contributed by atoms with Crippen molar-refractivity contribution in [3.63, 3.8) is 0 Å². The lowest BCUT2D eigenvalue weighted by Gasteiger charge is -2.28. The number of aliphatic imine (C=N–C) groups is 1. The molecular weight excluding hydrogens is 326 g/mol. The highest BCUT2D eigenvalue weighted by atomic mass is 16.5. The largest absolute Gasteiger partial charge is 0.497 e. The molecule has 3 N–H and O–H groups in total. The average Bonchev–Trinajstić information content (AvgIpc) is 3.17. The Labute approximate surface area is 155 Å². The monoisotopic (exact) mass is 353 g/mol. The van der Waals surface area contributed by atoms with E-state index in [0.717, 1.165) is 30.0 Å². The van der Waals surface area contributed by atoms with Crippen LogP contribution in [0.3, 0.4) is 0 Å². The lowest BCUT2D eigenvalue weighted by Crippen LogP contribution is -2.30. The fraction of sp³-hybridized carbons (Fsp3) is 0.381. The minimum Gasteiger partial charge on any atom is -0.497 e. The van der Waals surface area contributed by atoms with E-state index in [4.69, 9.17) is 15.2 Å². The third-order valence-corrected chi connectivity index (χ3v) is 5.14. The molecule has 2 aromatic carbocycles. The molecule has 0 atom stereocenters. The molecular formula is C21H27N3O2. The number of nitrogens with one attached hydrogen (secondary N) is 1. The summed E-state index contributed by atoms with van der Waals surface area (Å²) in [4.78, 5) is 4.66. The Kier molecular flexibility index (Phi) is 5.66. The number of anilines is 1. The first kappa shape index (κ1) is 18.1. The Balaban J connectivity index is 1.76. The molecule has 0 radical (unpaired) electrons. The van der Waals surface area contributed by atoms with E-state index in [9.17, 15) is 0 Å². The lowest BCUT2D eigenvalue weighted by molar-refractivity contribution is 0.408. The van der Waals surface area contributed by atoms with Crippen LogP contribution in [0.25, 0.3) is 0 Å². The third kappa shape index (κ3) is 4.10. The van der Waals surface area contributed by atoms with Crippen molar-refractivity contribution in [1.29, 1.82) is 0 Å². The summed E-state index contributed by atoms with van der Waals surface area (Å²) in [7, 11) is 3.35. The minimum atomic E-state index is 0.0369. The van der Waals surface area contributed by atoms with Crippen molar-refractivity contribution in [3.05, 3.63) is 54.1 Å². The first-order chi connectivity index (χ1) is 12.6. The molecule has 0 unspecified atom stereocenters. The molecule has 0 spiro atoms. The van der Waals surface area contributed by atoms with Crippen LogP contribution < -0.4 is 20.5 Å². The Morgan fingerprint density at radius 1 is 1.04 bits per heavy atom. The van der Waals surface area contributed by atoms with Gasteiger partial charge in [-0.3, -0.25) is 4.99 Å². The van der Waals surface area contributed by atoms with Crippen LogP contribution in [0, 0.1) is 0 Å². The maximum absolute atomic E-state index is 6.14. The van der Waals surface area contributed by atoms with E-state index in [1.165, 1.54) is 18.4 Å². The molecule has 5 nitrogen and oxygen atoms in total. The van der Waals surface area contributed by atoms with Crippen molar-refractivity contribution in [2.75, 3.05) is 26.1 Å². The summed E-state index contributed by atoms with van der Waals surface area (Å²) >= 11 is 0. The van der Waals surface area contributed by atoms with E-state index in [0.29, 0.717) is 12.5 Å². The van der Waals surface area contributed by atoms with Gasteiger partial charge >= 0.3 is 0 Å². The zero-order valence-corrected chi connectivity index (χ0v) is 15.5. The summed E-state index contributed by atoms with van der Waals surface area (Å²) in [5.74, 6) is 2.10. The van der Waals surface area contributed by atoms with E-state index >= 15 is 0 Å². The van der Waals surface area contributed by atoms with E-state index < -0.39 is 0 Å². The molecule has 0 heterocycles. The summed E-state index contributed by atoms with van der Waals surface area (Å²) in [5.41, 5.74) is 8.33. The van der Waals surface area contributed by atoms with Crippen LogP contribution in [0.1, 0.15) is 31.2 Å². The molecule has 0 bridgehead atoms. The molecule has 5 heteroatoms. The third-order valence-electron chi connectivity index (χ3n) is 5.14. The van der Waals surface area contributed by atoms with Crippen LogP contribution in [0.4, 0.5) is 5.69 Å². The van der Waals surface area contributed by atoms with Crippen molar-refractivity contribution in [2.24, 2.45) is 10.7 Å². The molecule has 138 valence electrons. The number of ether oxygens (including phenoxy) is 2. The Morgan fingerprint density at radius 3 is 2.38 bits per heavy atom. The Hall–Kier alpha value is -2.69. The topological polar surface area (TPSA) is 68.9 Å². The van der Waals surface area contributed by atoms with Gasteiger partial charge in [0.2, 0.25) is 0 Å². The van der Waals surface area contributed by atoms with Gasteiger partial charge in [0.25, 0.3) is 0 Å². The summed E-state index contributed by atoms with van der Waals surface area (Å²) in [6.07, 6.45) is 4.68. The number of hydrogen-bond donors (Lipinski definition) is 2. The first-order valence-corrected chi connectivity index (χ1v) is 9.01. The quantitative estimate of drug-likeness (QED) is 0.610. The van der Waals surface area contributed by atoms with Gasteiger partial charge in [-0.25, -0.2) is 0 Å². The molecule has 0 aromatic heterocycles. The summed E-state index contributed by atoms with van der Waals surface area (Å²) < 4.78 is 10.6. The van der Waals surface area contributed by atoms with Crippen LogP contribution in [-0.2, 0) is 5.41 Å². The standard InChI is InChI=1S/C21H27N3O2/c1-25-18-9-5-7-16(13-18)21(11-3-4-12-21)15-23-20(22)24-17-8-6-10-19(14-17)26-2/h5-10,13-14H,3-4,11-12,15H2,1-2H3,(H3,22,23,24). The number of guanidine groups is 1. The van der Waals surface area contributed by atoms with Gasteiger partial charge in [-0.2, -0.15) is 0 Å². The number of hydrogen-bond acceptors (Lipinski definition) is 3. The predicted molar refractivity (Wildman–Crippen MR) is 106 cm³/mol. The normalized spacial score (nSPS) is 16.3. The molecule has 1 saturated carbocycles. The van der Waals surface area contributed by atoms with Crippen molar-refractivity contribution >= 4 is 11.6 Å². The molecule has 0 amide bonds. The van der Waals surface area contributed by atoms with Gasteiger partial charge in [0.15, 0.2) is 5.96 Å². The number of rotatable bonds is 6. The van der Waals surface area contributed by atoms with Crippen molar-refractivity contribution in [2.45, 2.75) is 31.1 Å². The zero-order valence-electron chi connectivity index (χ0n) is 15.5. The van der Waals surface area contributed by atoms with E-state index in [1.54, 1.807) is 14.2 Å². The van der Waals surface area contributed by atoms with E-state index in [2.05, 4.69) is 28.5 Å². The first-order valence-electron chi connectivity index (χ1n) is 9.01. The SMILES string of the molecule is COc1cccc(NC(N)=NCC2(c3cccc(OC)c3)CCCC2)c1. The van der Waals surface area contributed by atoms with Gasteiger partial charge in [-0.15, -0.1) is 0 Å². The number of benzene rings is 2. The van der Waals surface area contributed by atoms with Crippen LogP contribution in [-0.4, -0.2) is 26.7 Å². The highest BCUT2D eigenvalue weighted by Crippen LogP contribution is 2.42. The molecule has 2 aromatic rings. The highest BCUT2D eigenvalue weighted by molar-refractivity contribution is 5.92. The molecule has 26 heavy (non-hydrogen) atoms. The smallest absolute Gasteiger partial charge is 0.193 e. The van der Waals surface area contributed by atoms with Gasteiger partial charge in [0, 0.05) is 17.2 Å². The predicted octanol–water partition coefficient (Wildman–Crippen LogP) is 3.94. The molecule has 3 rings (SSSR count). The Bertz CT molecular complexity index is 767. The van der Waals surface area contributed by atoms with Crippen molar-refractivity contribution in [1.82, 2.24) is 0 Å². The van der Waals surface area contributed by atoms with Gasteiger partial charge in [0.1, 0.15) is 11.5 Å². The van der Waals surface area contributed by atoms with Gasteiger partial charge in [-0.05, 0) is 42.7 Å². The number of methoxy groups -OCH3 is 2. The average molecular weight is 353 g/mol. The molecule has 1 aliphatic carbocycles. The fourth-order valence-electron chi connectivity index (χ4n) is 3.67. The molecule has 1 aliphatic rings. The fourth-order valence-corrected chi connectivity index (χ4v) is 3.67. The van der Waals surface area contributed by atoms with Crippen LogP contribution in [0.15, 0.2) is 53.5 Å². The summed E-state index contributed by atoms with van der Waals surface area (Å²) in [6, 6.07) is 16.0. The van der Waals surface area contributed by atoms with E-state index in [-0.39, 0.29) is 5.41 Å². The lowest BCUT2D eigenvalue weighted by atomic mass is 9.79. The highest BCUT2D eigenvalue weighted by Gasteiger charge is 2.35. The van der Waals surface area contributed by atoms with Crippen LogP contribution in [0.2, 0.25) is 0 Å². The van der Waals surface area contributed by atoms with Gasteiger partial charge < -0.3 is 20.5 Å². The van der Waals surface area contributed by atoms with Gasteiger partial charge in [0.05, 0.1) is 20.8 Å². The number of nitrogens with two attached hydrogens (primary N) is 1. The van der Waals surface area contributed by atoms with E-state index in [1.807, 2.05) is 30.3 Å². The number of nitrogens with zero attached hydrogens (tertiary/aromatic N) is 1. The maximum Gasteiger partial charge on any atom is 0.193 e. The molecule has 0 saturated heterocycles. The van der Waals surface area contributed by atoms with Crippen molar-refractivity contribution < 1.29 is 9.47 Å². The van der Waals surface area contributed by atoms with Gasteiger partial charge in [-0.1, -0.05) is 31.0 Å². The van der Waals surface area contributed by atoms with Crippen LogP contribution >= 0.6 is 0 Å². The second kappa shape index (κ2) is 8.13. The second-order valence-electron chi connectivity index (χ2n) is 6.78. The molecule has 0 aliphatic heterocycles. The zero-order chi connectivity index (χ0) is 18.4. The van der Waals surface area contributed by atoms with Crippen LogP contribution in [0.5, 0.6) is 11.5 Å². The Morgan fingerprint density at radius 2 is 1.69 bits per heavy atom. The van der Waals surface area contributed by atoms with Crippen molar-refractivity contribution in [3.8, 4) is 11.5 Å². The summed E-state index contributed by atoms with van der Waals surface area (Å²) in [6.45, 7) is 0.670. The maximum atomic E-state index is 6.14. The minimum absolute atomic E-state index is 0.0369.